The van der Waals surface area contributed by atoms with Crippen LogP contribution >= 0.6 is 0 Å². The molecule has 86 valence electrons. The monoisotopic (exact) mass is 225 g/mol. The second-order valence-electron chi connectivity index (χ2n) is 3.74. The largest absolute Gasteiger partial charge is 0.399 e. The molecule has 0 unspecified atom stereocenters. The van der Waals surface area contributed by atoms with Gasteiger partial charge >= 0.3 is 0 Å². The molecule has 0 spiro atoms. The van der Waals surface area contributed by atoms with Gasteiger partial charge in [0.05, 0.1) is 5.69 Å². The van der Waals surface area contributed by atoms with Crippen LogP contribution < -0.4 is 5.73 Å². The zero-order valence-electron chi connectivity index (χ0n) is 9.80. The van der Waals surface area contributed by atoms with Crippen molar-refractivity contribution in [2.75, 3.05) is 0 Å². The Balaban J connectivity index is 2.41. The lowest BCUT2D eigenvalue weighted by atomic mass is 10.1. The predicted molar refractivity (Wildman–Crippen MR) is 71.3 cm³/mol. The summed E-state index contributed by atoms with van der Waals surface area (Å²) in [4.78, 5) is 4.53. The van der Waals surface area contributed by atoms with E-state index in [1.54, 1.807) is 6.08 Å². The molecule has 2 aromatic heterocycles. The summed E-state index contributed by atoms with van der Waals surface area (Å²) in [6.45, 7) is 5.61. The molecule has 0 radical (unpaired) electrons. The molecule has 2 rings (SSSR count). The molecular formula is C14H15N3. The summed E-state index contributed by atoms with van der Waals surface area (Å²) < 4.78 is 1.99. The molecule has 0 saturated carbocycles. The summed E-state index contributed by atoms with van der Waals surface area (Å²) in [5.41, 5.74) is 8.94. The summed E-state index contributed by atoms with van der Waals surface area (Å²) in [6.07, 6.45) is 9.67. The number of rotatable bonds is 3. The fraction of sp³-hybridized carbons (Fsp3) is 0.0714. The van der Waals surface area contributed by atoms with Crippen LogP contribution in [0.2, 0.25) is 0 Å². The fourth-order valence-electron chi connectivity index (χ4n) is 1.60. The highest BCUT2D eigenvalue weighted by molar-refractivity contribution is 5.73. The quantitative estimate of drug-likeness (QED) is 0.816. The summed E-state index contributed by atoms with van der Waals surface area (Å²) in [5.74, 6) is 0. The summed E-state index contributed by atoms with van der Waals surface area (Å²) in [5, 5.41) is 0. The van der Waals surface area contributed by atoms with Crippen LogP contribution in [0.4, 0.5) is 0 Å². The molecule has 0 bridgehead atoms. The van der Waals surface area contributed by atoms with Crippen molar-refractivity contribution in [2.24, 2.45) is 5.73 Å². The van der Waals surface area contributed by atoms with E-state index in [1.165, 1.54) is 0 Å². The van der Waals surface area contributed by atoms with Gasteiger partial charge in [-0.15, -0.1) is 0 Å². The molecule has 0 aliphatic heterocycles. The lowest BCUT2D eigenvalue weighted by Gasteiger charge is -1.95. The topological polar surface area (TPSA) is 43.3 Å². The first-order valence-electron chi connectivity index (χ1n) is 5.43. The van der Waals surface area contributed by atoms with Gasteiger partial charge in [0, 0.05) is 18.1 Å². The number of nitrogens with two attached hydrogens (primary N) is 1. The van der Waals surface area contributed by atoms with Crippen LogP contribution in [0.1, 0.15) is 12.6 Å². The third-order valence-corrected chi connectivity index (χ3v) is 2.45. The van der Waals surface area contributed by atoms with Gasteiger partial charge in [0.15, 0.2) is 0 Å². The van der Waals surface area contributed by atoms with Crippen molar-refractivity contribution in [1.82, 2.24) is 9.38 Å². The standard InChI is InChI=1S/C14H15N3/c1-3-12(8-7-11(2)15)13-10-17-9-5-4-6-14(17)16-13/h3-10H,2,15H2,1H3/b8-7-,12-3+. The van der Waals surface area contributed by atoms with Crippen LogP contribution in [-0.4, -0.2) is 9.38 Å². The Bertz CT molecular complexity index is 570. The third kappa shape index (κ3) is 2.45. The van der Waals surface area contributed by atoms with Crippen LogP contribution in [-0.2, 0) is 0 Å². The average Bonchev–Trinajstić information content (AvgIpc) is 2.72. The molecule has 2 aromatic rings. The van der Waals surface area contributed by atoms with E-state index in [4.69, 9.17) is 5.73 Å². The van der Waals surface area contributed by atoms with Gasteiger partial charge in [-0.3, -0.25) is 0 Å². The lowest BCUT2D eigenvalue weighted by molar-refractivity contribution is 1.19. The minimum absolute atomic E-state index is 0.535. The van der Waals surface area contributed by atoms with Crippen molar-refractivity contribution >= 4 is 11.2 Å². The number of fused-ring (bicyclic) bond motifs is 1. The lowest BCUT2D eigenvalue weighted by Crippen LogP contribution is -1.89. The average molecular weight is 225 g/mol. The Morgan fingerprint density at radius 3 is 2.88 bits per heavy atom. The van der Waals surface area contributed by atoms with E-state index in [0.29, 0.717) is 5.70 Å². The van der Waals surface area contributed by atoms with E-state index in [9.17, 15) is 0 Å². The molecule has 0 aromatic carbocycles. The molecule has 3 heteroatoms. The number of allylic oxidation sites excluding steroid dienone is 4. The van der Waals surface area contributed by atoms with Crippen molar-refractivity contribution in [3.63, 3.8) is 0 Å². The zero-order valence-corrected chi connectivity index (χ0v) is 9.80. The number of hydrogen-bond donors (Lipinski definition) is 1. The van der Waals surface area contributed by atoms with Gasteiger partial charge in [0.1, 0.15) is 5.65 Å². The maximum absolute atomic E-state index is 5.51. The van der Waals surface area contributed by atoms with Crippen molar-refractivity contribution in [2.45, 2.75) is 6.92 Å². The van der Waals surface area contributed by atoms with E-state index in [1.807, 2.05) is 54.1 Å². The third-order valence-electron chi connectivity index (χ3n) is 2.45. The normalized spacial score (nSPS) is 12.4. The van der Waals surface area contributed by atoms with Crippen LogP contribution in [0, 0.1) is 0 Å². The molecule has 2 N–H and O–H groups in total. The van der Waals surface area contributed by atoms with Gasteiger partial charge in [0.2, 0.25) is 0 Å². The molecular weight excluding hydrogens is 210 g/mol. The second-order valence-corrected chi connectivity index (χ2v) is 3.74. The van der Waals surface area contributed by atoms with Crippen molar-refractivity contribution in [3.8, 4) is 0 Å². The van der Waals surface area contributed by atoms with E-state index in [0.717, 1.165) is 16.9 Å². The van der Waals surface area contributed by atoms with Crippen molar-refractivity contribution in [1.29, 1.82) is 0 Å². The summed E-state index contributed by atoms with van der Waals surface area (Å²) in [6, 6.07) is 5.92. The van der Waals surface area contributed by atoms with Crippen molar-refractivity contribution < 1.29 is 0 Å². The van der Waals surface area contributed by atoms with Gasteiger partial charge in [0.25, 0.3) is 0 Å². The first kappa shape index (κ1) is 11.2. The van der Waals surface area contributed by atoms with Gasteiger partial charge in [-0.05, 0) is 30.7 Å². The van der Waals surface area contributed by atoms with Gasteiger partial charge in [-0.1, -0.05) is 24.8 Å². The minimum atomic E-state index is 0.535. The number of pyridine rings is 1. The first-order valence-corrected chi connectivity index (χ1v) is 5.43. The zero-order chi connectivity index (χ0) is 12.3. The van der Waals surface area contributed by atoms with Crippen LogP contribution in [0.25, 0.3) is 11.2 Å². The van der Waals surface area contributed by atoms with Gasteiger partial charge in [-0.25, -0.2) is 4.98 Å². The molecule has 0 amide bonds. The van der Waals surface area contributed by atoms with Gasteiger partial charge in [-0.2, -0.15) is 0 Å². The van der Waals surface area contributed by atoms with E-state index in [-0.39, 0.29) is 0 Å². The van der Waals surface area contributed by atoms with Crippen LogP contribution in [0.5, 0.6) is 0 Å². The SMILES string of the molecule is C=C(N)/C=C\C(=C/C)c1cn2ccccc2n1. The first-order chi connectivity index (χ1) is 8.20. The maximum Gasteiger partial charge on any atom is 0.137 e. The van der Waals surface area contributed by atoms with Crippen LogP contribution in [0.15, 0.2) is 61.1 Å². The highest BCUT2D eigenvalue weighted by atomic mass is 15.0. The number of aromatic nitrogens is 2. The molecule has 0 aliphatic carbocycles. The number of nitrogens with zero attached hydrogens (tertiary/aromatic N) is 2. The molecule has 0 aliphatic rings. The summed E-state index contributed by atoms with van der Waals surface area (Å²) in [7, 11) is 0. The maximum atomic E-state index is 5.51. The van der Waals surface area contributed by atoms with E-state index < -0.39 is 0 Å². The second kappa shape index (κ2) is 4.70. The van der Waals surface area contributed by atoms with Crippen molar-refractivity contribution in [3.05, 3.63) is 66.8 Å². The van der Waals surface area contributed by atoms with E-state index >= 15 is 0 Å². The smallest absolute Gasteiger partial charge is 0.137 e. The highest BCUT2D eigenvalue weighted by Gasteiger charge is 2.03. The highest BCUT2D eigenvalue weighted by Crippen LogP contribution is 2.16. The minimum Gasteiger partial charge on any atom is -0.399 e. The Morgan fingerprint density at radius 2 is 2.24 bits per heavy atom. The molecule has 3 nitrogen and oxygen atoms in total. The molecule has 2 heterocycles. The number of hydrogen-bond acceptors (Lipinski definition) is 2. The Hall–Kier alpha value is -2.29. The van der Waals surface area contributed by atoms with E-state index in [2.05, 4.69) is 11.6 Å². The molecule has 0 atom stereocenters. The molecule has 0 saturated heterocycles. The Kier molecular flexibility index (Phi) is 3.10. The Morgan fingerprint density at radius 1 is 1.41 bits per heavy atom. The fourth-order valence-corrected chi connectivity index (χ4v) is 1.60. The Labute approximate surface area is 101 Å². The van der Waals surface area contributed by atoms with Crippen LogP contribution in [0.3, 0.4) is 0 Å². The molecule has 17 heavy (non-hydrogen) atoms. The number of imidazole rings is 1. The van der Waals surface area contributed by atoms with Gasteiger partial charge < -0.3 is 10.1 Å². The predicted octanol–water partition coefficient (Wildman–Crippen LogP) is 2.77. The summed E-state index contributed by atoms with van der Waals surface area (Å²) >= 11 is 0. The molecule has 0 fully saturated rings.